The fourth-order valence-corrected chi connectivity index (χ4v) is 2.10. The number of nitrogens with zero attached hydrogens (tertiary/aromatic N) is 1. The first kappa shape index (κ1) is 17.1. The van der Waals surface area contributed by atoms with Gasteiger partial charge >= 0.3 is 0 Å². The maximum Gasteiger partial charge on any atom is 0.223 e. The second-order valence-corrected chi connectivity index (χ2v) is 5.54. The standard InChI is InChI=1S/C17H26N4O2/c1-3-18-17(20-11-10-19-16(22)14-6-7-14)21-12-13-4-8-15(23-2)9-5-13/h4-5,8-9,14H,3,6-7,10-12H2,1-2H3,(H,19,22)(H2,18,20,21). The number of hydrogen-bond donors (Lipinski definition) is 3. The highest BCUT2D eigenvalue weighted by Crippen LogP contribution is 2.28. The Balaban J connectivity index is 1.75. The number of ether oxygens (including phenoxy) is 1. The second-order valence-electron chi connectivity index (χ2n) is 5.54. The van der Waals surface area contributed by atoms with Gasteiger partial charge in [0.15, 0.2) is 5.96 Å². The van der Waals surface area contributed by atoms with Crippen LogP contribution in [0.5, 0.6) is 5.75 Å². The SMILES string of the molecule is CCNC(=NCc1ccc(OC)cc1)NCCNC(=O)C1CC1. The Hall–Kier alpha value is -2.24. The van der Waals surface area contributed by atoms with Crippen LogP contribution in [0.25, 0.3) is 0 Å². The number of benzene rings is 1. The summed E-state index contributed by atoms with van der Waals surface area (Å²) in [5.41, 5.74) is 1.12. The molecule has 1 fully saturated rings. The molecular weight excluding hydrogens is 292 g/mol. The van der Waals surface area contributed by atoms with Crippen LogP contribution >= 0.6 is 0 Å². The minimum atomic E-state index is 0.173. The maximum atomic E-state index is 11.5. The molecule has 1 aromatic carbocycles. The molecule has 2 rings (SSSR count). The zero-order chi connectivity index (χ0) is 16.5. The van der Waals surface area contributed by atoms with E-state index in [1.165, 1.54) is 0 Å². The van der Waals surface area contributed by atoms with E-state index in [-0.39, 0.29) is 11.8 Å². The maximum absolute atomic E-state index is 11.5. The molecule has 6 nitrogen and oxygen atoms in total. The van der Waals surface area contributed by atoms with Crippen LogP contribution in [0, 0.1) is 5.92 Å². The lowest BCUT2D eigenvalue weighted by Gasteiger charge is -2.12. The summed E-state index contributed by atoms with van der Waals surface area (Å²) in [5, 5.41) is 9.36. The van der Waals surface area contributed by atoms with Crippen molar-refractivity contribution in [1.29, 1.82) is 0 Å². The van der Waals surface area contributed by atoms with Gasteiger partial charge in [-0.2, -0.15) is 0 Å². The third-order valence-corrected chi connectivity index (χ3v) is 3.59. The van der Waals surface area contributed by atoms with E-state index < -0.39 is 0 Å². The Morgan fingerprint density at radius 2 is 1.87 bits per heavy atom. The predicted molar refractivity (Wildman–Crippen MR) is 91.5 cm³/mol. The van der Waals surface area contributed by atoms with Crippen LogP contribution in [0.15, 0.2) is 29.3 Å². The van der Waals surface area contributed by atoms with Gasteiger partial charge in [0.2, 0.25) is 5.91 Å². The Bertz CT molecular complexity index is 524. The van der Waals surface area contributed by atoms with Crippen molar-refractivity contribution in [2.24, 2.45) is 10.9 Å². The Kier molecular flexibility index (Phi) is 6.72. The van der Waals surface area contributed by atoms with Crippen molar-refractivity contribution in [3.63, 3.8) is 0 Å². The van der Waals surface area contributed by atoms with Crippen LogP contribution in [0.3, 0.4) is 0 Å². The Morgan fingerprint density at radius 3 is 2.48 bits per heavy atom. The zero-order valence-electron chi connectivity index (χ0n) is 13.9. The van der Waals surface area contributed by atoms with E-state index >= 15 is 0 Å². The highest BCUT2D eigenvalue weighted by atomic mass is 16.5. The van der Waals surface area contributed by atoms with Crippen LogP contribution in [0.1, 0.15) is 25.3 Å². The van der Waals surface area contributed by atoms with Crippen molar-refractivity contribution in [3.05, 3.63) is 29.8 Å². The van der Waals surface area contributed by atoms with E-state index in [9.17, 15) is 4.79 Å². The summed E-state index contributed by atoms with van der Waals surface area (Å²) in [6, 6.07) is 7.86. The number of hydrogen-bond acceptors (Lipinski definition) is 3. The molecule has 0 atom stereocenters. The Labute approximate surface area is 137 Å². The van der Waals surface area contributed by atoms with E-state index in [1.54, 1.807) is 7.11 Å². The van der Waals surface area contributed by atoms with E-state index in [1.807, 2.05) is 31.2 Å². The molecule has 1 saturated carbocycles. The number of rotatable bonds is 8. The van der Waals surface area contributed by atoms with Gasteiger partial charge in [-0.3, -0.25) is 4.79 Å². The summed E-state index contributed by atoms with van der Waals surface area (Å²) in [4.78, 5) is 16.1. The fourth-order valence-electron chi connectivity index (χ4n) is 2.10. The van der Waals surface area contributed by atoms with E-state index in [0.717, 1.165) is 36.7 Å². The van der Waals surface area contributed by atoms with Gasteiger partial charge < -0.3 is 20.7 Å². The van der Waals surface area contributed by atoms with Gasteiger partial charge in [-0.1, -0.05) is 12.1 Å². The van der Waals surface area contributed by atoms with Crippen LogP contribution in [0.2, 0.25) is 0 Å². The fraction of sp³-hybridized carbons (Fsp3) is 0.529. The molecule has 1 aliphatic rings. The molecule has 0 aromatic heterocycles. The van der Waals surface area contributed by atoms with Gasteiger partial charge in [0.05, 0.1) is 13.7 Å². The highest BCUT2D eigenvalue weighted by Gasteiger charge is 2.28. The lowest BCUT2D eigenvalue weighted by atomic mass is 10.2. The summed E-state index contributed by atoms with van der Waals surface area (Å²) < 4.78 is 5.14. The number of amides is 1. The van der Waals surface area contributed by atoms with Crippen LogP contribution in [0.4, 0.5) is 0 Å². The average molecular weight is 318 g/mol. The molecule has 0 heterocycles. The number of methoxy groups -OCH3 is 1. The zero-order valence-corrected chi connectivity index (χ0v) is 13.9. The molecule has 23 heavy (non-hydrogen) atoms. The molecule has 0 aliphatic heterocycles. The average Bonchev–Trinajstić information content (AvgIpc) is 3.41. The molecule has 126 valence electrons. The smallest absolute Gasteiger partial charge is 0.223 e. The minimum absolute atomic E-state index is 0.173. The van der Waals surface area contributed by atoms with E-state index in [0.29, 0.717) is 19.6 Å². The molecule has 0 radical (unpaired) electrons. The molecule has 1 aliphatic carbocycles. The number of aliphatic imine (C=N–C) groups is 1. The third-order valence-electron chi connectivity index (χ3n) is 3.59. The second kappa shape index (κ2) is 9.02. The minimum Gasteiger partial charge on any atom is -0.497 e. The quantitative estimate of drug-likeness (QED) is 0.383. The molecule has 1 amide bonds. The highest BCUT2D eigenvalue weighted by molar-refractivity contribution is 5.81. The molecule has 0 saturated heterocycles. The van der Waals surface area contributed by atoms with Crippen LogP contribution in [-0.4, -0.2) is 38.6 Å². The van der Waals surface area contributed by atoms with E-state index in [4.69, 9.17) is 4.74 Å². The molecule has 0 spiro atoms. The van der Waals surface area contributed by atoms with Crippen LogP contribution < -0.4 is 20.7 Å². The number of nitrogens with one attached hydrogen (secondary N) is 3. The predicted octanol–water partition coefficient (Wildman–Crippen LogP) is 1.28. The monoisotopic (exact) mass is 318 g/mol. The summed E-state index contributed by atoms with van der Waals surface area (Å²) in [7, 11) is 1.66. The first-order valence-electron chi connectivity index (χ1n) is 8.15. The molecule has 1 aromatic rings. The van der Waals surface area contributed by atoms with Crippen molar-refractivity contribution in [1.82, 2.24) is 16.0 Å². The largest absolute Gasteiger partial charge is 0.497 e. The van der Waals surface area contributed by atoms with Gasteiger partial charge in [-0.25, -0.2) is 4.99 Å². The first-order valence-corrected chi connectivity index (χ1v) is 8.15. The number of guanidine groups is 1. The van der Waals surface area contributed by atoms with Crippen molar-refractivity contribution in [2.45, 2.75) is 26.3 Å². The summed E-state index contributed by atoms with van der Waals surface area (Å²) in [6.07, 6.45) is 2.07. The Morgan fingerprint density at radius 1 is 1.17 bits per heavy atom. The summed E-state index contributed by atoms with van der Waals surface area (Å²) in [5.74, 6) is 2.03. The molecule has 6 heteroatoms. The molecule has 3 N–H and O–H groups in total. The lowest BCUT2D eigenvalue weighted by molar-refractivity contribution is -0.122. The summed E-state index contributed by atoms with van der Waals surface area (Å²) >= 11 is 0. The molecular formula is C17H26N4O2. The molecule has 0 unspecified atom stereocenters. The van der Waals surface area contributed by atoms with Gasteiger partial charge in [0.25, 0.3) is 0 Å². The molecule has 0 bridgehead atoms. The van der Waals surface area contributed by atoms with Crippen molar-refractivity contribution in [2.75, 3.05) is 26.7 Å². The topological polar surface area (TPSA) is 74.8 Å². The van der Waals surface area contributed by atoms with Crippen LogP contribution in [-0.2, 0) is 11.3 Å². The van der Waals surface area contributed by atoms with Crippen molar-refractivity contribution in [3.8, 4) is 5.75 Å². The number of carbonyl (C=O) groups is 1. The first-order chi connectivity index (χ1) is 11.2. The number of carbonyl (C=O) groups excluding carboxylic acids is 1. The normalized spacial score (nSPS) is 14.3. The van der Waals surface area contributed by atoms with Gasteiger partial charge in [-0.05, 0) is 37.5 Å². The summed E-state index contributed by atoms with van der Waals surface area (Å²) in [6.45, 7) is 4.69. The van der Waals surface area contributed by atoms with Gasteiger partial charge in [-0.15, -0.1) is 0 Å². The lowest BCUT2D eigenvalue weighted by Crippen LogP contribution is -2.41. The van der Waals surface area contributed by atoms with Gasteiger partial charge in [0, 0.05) is 25.6 Å². The van der Waals surface area contributed by atoms with E-state index in [2.05, 4.69) is 20.9 Å². The van der Waals surface area contributed by atoms with Crippen molar-refractivity contribution >= 4 is 11.9 Å². The van der Waals surface area contributed by atoms with Crippen molar-refractivity contribution < 1.29 is 9.53 Å². The van der Waals surface area contributed by atoms with Gasteiger partial charge in [0.1, 0.15) is 5.75 Å². The third kappa shape index (κ3) is 6.18.